The first kappa shape index (κ1) is 16.7. The van der Waals surface area contributed by atoms with Crippen molar-refractivity contribution in [1.29, 1.82) is 0 Å². The third-order valence-corrected chi connectivity index (χ3v) is 2.95. The van der Waals surface area contributed by atoms with Gasteiger partial charge in [-0.15, -0.1) is 0 Å². The Morgan fingerprint density at radius 3 is 2.19 bits per heavy atom. The number of carboxylic acids is 1. The molecule has 0 unspecified atom stereocenters. The average Bonchev–Trinajstić information content (AvgIpc) is 2.36. The van der Waals surface area contributed by atoms with Crippen molar-refractivity contribution in [3.8, 4) is 0 Å². The molecule has 0 bridgehead atoms. The van der Waals surface area contributed by atoms with Crippen molar-refractivity contribution in [1.82, 2.24) is 5.32 Å². The van der Waals surface area contributed by atoms with E-state index in [9.17, 15) is 14.4 Å². The molecule has 21 heavy (non-hydrogen) atoms. The summed E-state index contributed by atoms with van der Waals surface area (Å²) in [4.78, 5) is 33.5. The van der Waals surface area contributed by atoms with Crippen molar-refractivity contribution >= 4 is 23.5 Å². The van der Waals surface area contributed by atoms with Crippen LogP contribution in [0.15, 0.2) is 24.3 Å². The fourth-order valence-electron chi connectivity index (χ4n) is 1.65. The largest absolute Gasteiger partial charge is 0.481 e. The molecule has 0 atom stereocenters. The fourth-order valence-corrected chi connectivity index (χ4v) is 1.65. The summed E-state index contributed by atoms with van der Waals surface area (Å²) in [7, 11) is 0. The van der Waals surface area contributed by atoms with Gasteiger partial charge in [0.15, 0.2) is 0 Å². The van der Waals surface area contributed by atoms with Crippen LogP contribution in [0, 0.1) is 5.41 Å². The van der Waals surface area contributed by atoms with Gasteiger partial charge in [0.1, 0.15) is 0 Å². The molecule has 1 rings (SSSR count). The van der Waals surface area contributed by atoms with E-state index in [0.29, 0.717) is 12.2 Å². The maximum atomic E-state index is 11.7. The lowest BCUT2D eigenvalue weighted by molar-refractivity contribution is -0.149. The van der Waals surface area contributed by atoms with Gasteiger partial charge in [0.2, 0.25) is 11.8 Å². The molecular formula is C15H20N2O4. The molecule has 6 heteroatoms. The highest BCUT2D eigenvalue weighted by Crippen LogP contribution is 2.20. The SMILES string of the molecule is CC(=O)Nc1ccc(CNC(=O)CC(C)(C)C(=O)O)cc1. The first-order valence-electron chi connectivity index (χ1n) is 6.57. The van der Waals surface area contributed by atoms with Crippen LogP contribution < -0.4 is 10.6 Å². The van der Waals surface area contributed by atoms with E-state index in [0.717, 1.165) is 5.56 Å². The molecule has 0 aliphatic carbocycles. The topological polar surface area (TPSA) is 95.5 Å². The summed E-state index contributed by atoms with van der Waals surface area (Å²) >= 11 is 0. The van der Waals surface area contributed by atoms with Crippen molar-refractivity contribution < 1.29 is 19.5 Å². The van der Waals surface area contributed by atoms with E-state index in [2.05, 4.69) is 10.6 Å². The molecule has 2 amide bonds. The second kappa shape index (κ2) is 6.88. The lowest BCUT2D eigenvalue weighted by Crippen LogP contribution is -2.33. The zero-order valence-corrected chi connectivity index (χ0v) is 12.4. The van der Waals surface area contributed by atoms with Gasteiger partial charge in [0, 0.05) is 25.6 Å². The van der Waals surface area contributed by atoms with Crippen LogP contribution in [0.5, 0.6) is 0 Å². The number of anilines is 1. The number of aliphatic carboxylic acids is 1. The van der Waals surface area contributed by atoms with E-state index in [4.69, 9.17) is 5.11 Å². The Hall–Kier alpha value is -2.37. The average molecular weight is 292 g/mol. The fraction of sp³-hybridized carbons (Fsp3) is 0.400. The number of benzene rings is 1. The van der Waals surface area contributed by atoms with Crippen LogP contribution in [0.4, 0.5) is 5.69 Å². The smallest absolute Gasteiger partial charge is 0.309 e. The molecule has 0 radical (unpaired) electrons. The highest BCUT2D eigenvalue weighted by molar-refractivity contribution is 5.88. The molecule has 0 aliphatic rings. The van der Waals surface area contributed by atoms with Crippen molar-refractivity contribution in [2.45, 2.75) is 33.7 Å². The Labute approximate surface area is 123 Å². The molecule has 6 nitrogen and oxygen atoms in total. The second-order valence-electron chi connectivity index (χ2n) is 5.52. The summed E-state index contributed by atoms with van der Waals surface area (Å²) in [5, 5.41) is 14.3. The number of rotatable bonds is 6. The third kappa shape index (κ3) is 5.64. The number of carbonyl (C=O) groups is 3. The first-order valence-corrected chi connectivity index (χ1v) is 6.57. The van der Waals surface area contributed by atoms with E-state index < -0.39 is 11.4 Å². The van der Waals surface area contributed by atoms with E-state index in [-0.39, 0.29) is 18.2 Å². The predicted octanol–water partition coefficient (Wildman–Crippen LogP) is 1.76. The molecule has 114 valence electrons. The summed E-state index contributed by atoms with van der Waals surface area (Å²) in [5.41, 5.74) is 0.467. The zero-order valence-electron chi connectivity index (χ0n) is 12.4. The summed E-state index contributed by atoms with van der Waals surface area (Å²) in [6.45, 7) is 4.77. The van der Waals surface area contributed by atoms with Crippen LogP contribution in [0.25, 0.3) is 0 Å². The van der Waals surface area contributed by atoms with Gasteiger partial charge in [-0.1, -0.05) is 12.1 Å². The molecule has 0 aromatic heterocycles. The molecule has 1 aromatic rings. The van der Waals surface area contributed by atoms with Crippen molar-refractivity contribution in [2.75, 3.05) is 5.32 Å². The molecule has 0 fully saturated rings. The first-order chi connectivity index (χ1) is 9.70. The van der Waals surface area contributed by atoms with Crippen LogP contribution in [0.1, 0.15) is 32.8 Å². The van der Waals surface area contributed by atoms with Crippen LogP contribution in [0.2, 0.25) is 0 Å². The molecule has 0 saturated carbocycles. The molecule has 0 heterocycles. The van der Waals surface area contributed by atoms with Crippen LogP contribution in [0.3, 0.4) is 0 Å². The van der Waals surface area contributed by atoms with Crippen molar-refractivity contribution in [3.63, 3.8) is 0 Å². The van der Waals surface area contributed by atoms with Gasteiger partial charge in [0.05, 0.1) is 5.41 Å². The number of hydrogen-bond donors (Lipinski definition) is 3. The Morgan fingerprint density at radius 2 is 1.71 bits per heavy atom. The number of carbonyl (C=O) groups excluding carboxylic acids is 2. The monoisotopic (exact) mass is 292 g/mol. The van der Waals surface area contributed by atoms with Crippen molar-refractivity contribution in [3.05, 3.63) is 29.8 Å². The van der Waals surface area contributed by atoms with Gasteiger partial charge >= 0.3 is 5.97 Å². The van der Waals surface area contributed by atoms with Crippen LogP contribution in [-0.4, -0.2) is 22.9 Å². The highest BCUT2D eigenvalue weighted by Gasteiger charge is 2.29. The quantitative estimate of drug-likeness (QED) is 0.744. The molecule has 3 N–H and O–H groups in total. The van der Waals surface area contributed by atoms with E-state index >= 15 is 0 Å². The van der Waals surface area contributed by atoms with Gasteiger partial charge in [-0.05, 0) is 31.5 Å². The van der Waals surface area contributed by atoms with Gasteiger partial charge in [0.25, 0.3) is 0 Å². The van der Waals surface area contributed by atoms with Gasteiger partial charge in [-0.25, -0.2) is 0 Å². The lowest BCUT2D eigenvalue weighted by atomic mass is 9.89. The normalized spacial score (nSPS) is 10.8. The Bertz CT molecular complexity index is 535. The summed E-state index contributed by atoms with van der Waals surface area (Å²) in [5.74, 6) is -1.46. The van der Waals surface area contributed by atoms with Gasteiger partial charge < -0.3 is 15.7 Å². The number of amides is 2. The van der Waals surface area contributed by atoms with Gasteiger partial charge in [-0.2, -0.15) is 0 Å². The van der Waals surface area contributed by atoms with E-state index in [1.807, 2.05) is 0 Å². The summed E-state index contributed by atoms with van der Waals surface area (Å²) < 4.78 is 0. The molecule has 1 aromatic carbocycles. The minimum atomic E-state index is -1.08. The van der Waals surface area contributed by atoms with E-state index in [1.54, 1.807) is 24.3 Å². The number of nitrogens with one attached hydrogen (secondary N) is 2. The van der Waals surface area contributed by atoms with Crippen LogP contribution in [-0.2, 0) is 20.9 Å². The Morgan fingerprint density at radius 1 is 1.14 bits per heavy atom. The summed E-state index contributed by atoms with van der Waals surface area (Å²) in [6.07, 6.45) is -0.0771. The minimum Gasteiger partial charge on any atom is -0.481 e. The Balaban J connectivity index is 2.50. The molecule has 0 aliphatic heterocycles. The maximum absolute atomic E-state index is 11.7. The standard InChI is InChI=1S/C15H20N2O4/c1-10(18)17-12-6-4-11(5-7-12)9-16-13(19)8-15(2,3)14(20)21/h4-7H,8-9H2,1-3H3,(H,16,19)(H,17,18)(H,20,21). The number of hydrogen-bond acceptors (Lipinski definition) is 3. The third-order valence-electron chi connectivity index (χ3n) is 2.95. The van der Waals surface area contributed by atoms with Crippen LogP contribution >= 0.6 is 0 Å². The maximum Gasteiger partial charge on any atom is 0.309 e. The minimum absolute atomic E-state index is 0.0771. The lowest BCUT2D eigenvalue weighted by Gasteiger charge is -2.18. The van der Waals surface area contributed by atoms with Crippen molar-refractivity contribution in [2.24, 2.45) is 5.41 Å². The molecule has 0 spiro atoms. The second-order valence-corrected chi connectivity index (χ2v) is 5.52. The zero-order chi connectivity index (χ0) is 16.0. The van der Waals surface area contributed by atoms with E-state index in [1.165, 1.54) is 20.8 Å². The molecular weight excluding hydrogens is 272 g/mol. The summed E-state index contributed by atoms with van der Waals surface area (Å²) in [6, 6.07) is 7.05. The highest BCUT2D eigenvalue weighted by atomic mass is 16.4. The number of carboxylic acid groups (broad SMARTS) is 1. The predicted molar refractivity (Wildman–Crippen MR) is 78.6 cm³/mol. The van der Waals surface area contributed by atoms with Gasteiger partial charge in [-0.3, -0.25) is 14.4 Å². The molecule has 0 saturated heterocycles. The Kier molecular flexibility index (Phi) is 5.46.